The van der Waals surface area contributed by atoms with Crippen molar-refractivity contribution in [2.24, 2.45) is 0 Å². The van der Waals surface area contributed by atoms with Crippen LogP contribution >= 0.6 is 0 Å². The van der Waals surface area contributed by atoms with E-state index in [1.54, 1.807) is 6.20 Å². The molecule has 2 aromatic rings. The van der Waals surface area contributed by atoms with Gasteiger partial charge in [-0.3, -0.25) is 14.7 Å². The maximum Gasteiger partial charge on any atom is 0.273 e. The third-order valence-electron chi connectivity index (χ3n) is 2.40. The molecule has 0 aromatic carbocycles. The summed E-state index contributed by atoms with van der Waals surface area (Å²) < 4.78 is 0. The Hall–Kier alpha value is -2.37. The van der Waals surface area contributed by atoms with E-state index in [1.165, 1.54) is 19.2 Å². The lowest BCUT2D eigenvalue weighted by Crippen LogP contribution is -2.13. The van der Waals surface area contributed by atoms with Gasteiger partial charge in [0.2, 0.25) is 0 Å². The molecule has 0 radical (unpaired) electrons. The fourth-order valence-electron chi connectivity index (χ4n) is 1.38. The molecule has 2 heterocycles. The molecular weight excluding hydrogens is 220 g/mol. The largest absolute Gasteiger partial charge is 0.356 e. The molecule has 3 N–H and O–H groups in total. The van der Waals surface area contributed by atoms with Crippen molar-refractivity contribution in [2.75, 3.05) is 5.32 Å². The predicted octanol–water partition coefficient (Wildman–Crippen LogP) is 1.50. The number of carbonyl (C=O) groups excluding carboxylic acids is 2. The summed E-state index contributed by atoms with van der Waals surface area (Å²) in [7, 11) is 0. The third kappa shape index (κ3) is 2.25. The van der Waals surface area contributed by atoms with Gasteiger partial charge in [0.05, 0.1) is 6.20 Å². The molecule has 0 aliphatic rings. The monoisotopic (exact) mass is 232 g/mol. The van der Waals surface area contributed by atoms with E-state index < -0.39 is 0 Å². The van der Waals surface area contributed by atoms with E-state index in [9.17, 15) is 9.59 Å². The second kappa shape index (κ2) is 4.25. The number of aromatic amines is 2. The van der Waals surface area contributed by atoms with Crippen molar-refractivity contribution < 1.29 is 9.59 Å². The van der Waals surface area contributed by atoms with Gasteiger partial charge in [0, 0.05) is 17.3 Å². The molecule has 1 amide bonds. The van der Waals surface area contributed by atoms with Crippen LogP contribution in [0.4, 0.5) is 5.82 Å². The number of rotatable bonds is 3. The maximum atomic E-state index is 11.8. The van der Waals surface area contributed by atoms with Crippen LogP contribution in [0.15, 0.2) is 18.5 Å². The highest BCUT2D eigenvalue weighted by Gasteiger charge is 2.12. The predicted molar refractivity (Wildman–Crippen MR) is 62.1 cm³/mol. The summed E-state index contributed by atoms with van der Waals surface area (Å²) in [6, 6.07) is 1.52. The van der Waals surface area contributed by atoms with Crippen molar-refractivity contribution in [2.45, 2.75) is 13.8 Å². The molecule has 0 unspecified atom stereocenters. The van der Waals surface area contributed by atoms with E-state index in [-0.39, 0.29) is 11.7 Å². The van der Waals surface area contributed by atoms with Gasteiger partial charge in [-0.1, -0.05) is 0 Å². The lowest BCUT2D eigenvalue weighted by molar-refractivity contribution is 0.101. The molecule has 0 fully saturated rings. The highest BCUT2D eigenvalue weighted by Crippen LogP contribution is 2.11. The van der Waals surface area contributed by atoms with E-state index in [0.717, 1.165) is 5.56 Å². The molecule has 0 spiro atoms. The topological polar surface area (TPSA) is 90.6 Å². The Bertz CT molecular complexity index is 568. The second-order valence-corrected chi connectivity index (χ2v) is 3.74. The van der Waals surface area contributed by atoms with Crippen molar-refractivity contribution in [1.29, 1.82) is 0 Å². The zero-order valence-electron chi connectivity index (χ0n) is 9.50. The zero-order valence-corrected chi connectivity index (χ0v) is 9.50. The average Bonchev–Trinajstić information content (AvgIpc) is 2.88. The lowest BCUT2D eigenvalue weighted by Gasteiger charge is -2.00. The van der Waals surface area contributed by atoms with E-state index >= 15 is 0 Å². The molecule has 0 saturated carbocycles. The number of nitrogens with one attached hydrogen (secondary N) is 3. The number of Topliss-reactive ketones (excluding diaryl/α,β-unsaturated/α-hetero) is 1. The van der Waals surface area contributed by atoms with E-state index in [1.807, 2.05) is 6.92 Å². The molecule has 17 heavy (non-hydrogen) atoms. The minimum Gasteiger partial charge on any atom is -0.356 e. The van der Waals surface area contributed by atoms with Crippen LogP contribution in [-0.4, -0.2) is 26.9 Å². The van der Waals surface area contributed by atoms with Crippen LogP contribution in [0.5, 0.6) is 0 Å². The van der Waals surface area contributed by atoms with Gasteiger partial charge in [-0.25, -0.2) is 0 Å². The first-order valence-electron chi connectivity index (χ1n) is 5.08. The first kappa shape index (κ1) is 11.1. The Balaban J connectivity index is 2.15. The summed E-state index contributed by atoms with van der Waals surface area (Å²) >= 11 is 0. The number of hydrogen-bond acceptors (Lipinski definition) is 3. The highest BCUT2D eigenvalue weighted by molar-refractivity contribution is 6.05. The van der Waals surface area contributed by atoms with Crippen LogP contribution in [0.25, 0.3) is 0 Å². The fourth-order valence-corrected chi connectivity index (χ4v) is 1.38. The van der Waals surface area contributed by atoms with Gasteiger partial charge in [0.25, 0.3) is 5.91 Å². The molecule has 0 saturated heterocycles. The average molecular weight is 232 g/mol. The molecule has 6 nitrogen and oxygen atoms in total. The molecule has 2 aromatic heterocycles. The van der Waals surface area contributed by atoms with Gasteiger partial charge in [0.15, 0.2) is 5.78 Å². The molecular formula is C11H12N4O2. The smallest absolute Gasteiger partial charge is 0.273 e. The van der Waals surface area contributed by atoms with Crippen LogP contribution in [0.3, 0.4) is 0 Å². The second-order valence-electron chi connectivity index (χ2n) is 3.74. The van der Waals surface area contributed by atoms with Crippen molar-refractivity contribution in [3.63, 3.8) is 0 Å². The van der Waals surface area contributed by atoms with Gasteiger partial charge in [-0.2, -0.15) is 5.10 Å². The Morgan fingerprint density at radius 3 is 2.71 bits per heavy atom. The first-order valence-corrected chi connectivity index (χ1v) is 5.08. The van der Waals surface area contributed by atoms with E-state index in [0.29, 0.717) is 17.1 Å². The Morgan fingerprint density at radius 2 is 2.18 bits per heavy atom. The van der Waals surface area contributed by atoms with Crippen molar-refractivity contribution in [1.82, 2.24) is 15.2 Å². The molecule has 2 rings (SSSR count). The summed E-state index contributed by atoms with van der Waals surface area (Å²) in [5.41, 5.74) is 1.66. The Labute approximate surface area is 97.4 Å². The minimum atomic E-state index is -0.315. The van der Waals surface area contributed by atoms with Gasteiger partial charge in [0.1, 0.15) is 11.5 Å². The van der Waals surface area contributed by atoms with Crippen LogP contribution in [0.1, 0.15) is 33.3 Å². The summed E-state index contributed by atoms with van der Waals surface area (Å²) in [5, 5.41) is 9.13. The number of aryl methyl sites for hydroxylation is 1. The third-order valence-corrected chi connectivity index (χ3v) is 2.40. The summed E-state index contributed by atoms with van der Waals surface area (Å²) in [6.07, 6.45) is 3.13. The number of amides is 1. The number of hydrogen-bond donors (Lipinski definition) is 3. The van der Waals surface area contributed by atoms with Crippen molar-refractivity contribution in [3.05, 3.63) is 35.3 Å². The Morgan fingerprint density at radius 1 is 1.41 bits per heavy atom. The number of ketones is 1. The van der Waals surface area contributed by atoms with E-state index in [4.69, 9.17) is 0 Å². The zero-order chi connectivity index (χ0) is 12.4. The van der Waals surface area contributed by atoms with Gasteiger partial charge in [-0.15, -0.1) is 0 Å². The summed E-state index contributed by atoms with van der Waals surface area (Å²) in [6.45, 7) is 3.28. The summed E-state index contributed by atoms with van der Waals surface area (Å²) in [4.78, 5) is 25.6. The highest BCUT2D eigenvalue weighted by atomic mass is 16.2. The van der Waals surface area contributed by atoms with Gasteiger partial charge in [-0.05, 0) is 19.9 Å². The molecule has 0 aliphatic heterocycles. The van der Waals surface area contributed by atoms with Crippen LogP contribution in [0, 0.1) is 6.92 Å². The minimum absolute atomic E-state index is 0.0852. The van der Waals surface area contributed by atoms with Crippen molar-refractivity contribution in [3.8, 4) is 0 Å². The van der Waals surface area contributed by atoms with Crippen LogP contribution in [0.2, 0.25) is 0 Å². The summed E-state index contributed by atoms with van der Waals surface area (Å²) in [5.74, 6) is 0.150. The van der Waals surface area contributed by atoms with Crippen LogP contribution < -0.4 is 5.32 Å². The fraction of sp³-hybridized carbons (Fsp3) is 0.182. The van der Waals surface area contributed by atoms with Crippen molar-refractivity contribution >= 4 is 17.5 Å². The molecule has 0 bridgehead atoms. The van der Waals surface area contributed by atoms with Crippen LogP contribution in [-0.2, 0) is 0 Å². The molecule has 6 heteroatoms. The molecule has 0 aliphatic carbocycles. The van der Waals surface area contributed by atoms with E-state index in [2.05, 4.69) is 20.5 Å². The number of anilines is 1. The first-order chi connectivity index (χ1) is 8.08. The standard InChI is InChI=1S/C11H12N4O2/c1-6-4-13-15-10(6)14-11(17)9-3-8(5-12-9)7(2)16/h3-5,12H,1-2H3,(H2,13,14,15,17). The Kier molecular flexibility index (Phi) is 2.78. The molecule has 0 atom stereocenters. The SMILES string of the molecule is CC(=O)c1c[nH]c(C(=O)Nc2[nH]ncc2C)c1. The molecule has 88 valence electrons. The van der Waals surface area contributed by atoms with Gasteiger partial charge >= 0.3 is 0 Å². The number of carbonyl (C=O) groups is 2. The maximum absolute atomic E-state index is 11.8. The number of nitrogens with zero attached hydrogens (tertiary/aromatic N) is 1. The number of H-pyrrole nitrogens is 2. The lowest BCUT2D eigenvalue weighted by atomic mass is 10.2. The quantitative estimate of drug-likeness (QED) is 0.700. The van der Waals surface area contributed by atoms with Gasteiger partial charge < -0.3 is 10.3 Å². The normalized spacial score (nSPS) is 10.2. The number of aromatic nitrogens is 3.